The minimum Gasteiger partial charge on any atom is -0.338 e. The van der Waals surface area contributed by atoms with Gasteiger partial charge in [0.25, 0.3) is 5.91 Å². The number of aryl methyl sites for hydroxylation is 1. The van der Waals surface area contributed by atoms with Crippen LogP contribution < -0.4 is 10.6 Å². The minimum absolute atomic E-state index is 0.177. The molecule has 1 aromatic heterocycles. The molecule has 160 valence electrons. The molecule has 1 fully saturated rings. The van der Waals surface area contributed by atoms with Crippen molar-refractivity contribution in [3.8, 4) is 0 Å². The molecule has 6 heteroatoms. The van der Waals surface area contributed by atoms with E-state index >= 15 is 0 Å². The Morgan fingerprint density at radius 2 is 2.00 bits per heavy atom. The van der Waals surface area contributed by atoms with Crippen LogP contribution in [0, 0.1) is 18.8 Å². The van der Waals surface area contributed by atoms with Crippen LogP contribution in [0.4, 0.5) is 10.5 Å². The Labute approximate surface area is 182 Å². The number of hydrogen-bond donors (Lipinski definition) is 2. The van der Waals surface area contributed by atoms with E-state index in [4.69, 9.17) is 0 Å². The number of fused-ring (bicyclic) bond motifs is 1. The van der Waals surface area contributed by atoms with Crippen molar-refractivity contribution >= 4 is 29.0 Å². The van der Waals surface area contributed by atoms with E-state index in [9.17, 15) is 9.59 Å². The van der Waals surface area contributed by atoms with Gasteiger partial charge in [0.05, 0.1) is 5.56 Å². The highest BCUT2D eigenvalue weighted by Crippen LogP contribution is 2.34. The van der Waals surface area contributed by atoms with Crippen LogP contribution in [-0.4, -0.2) is 36.5 Å². The number of piperidine rings is 1. The van der Waals surface area contributed by atoms with E-state index < -0.39 is 0 Å². The molecule has 0 spiro atoms. The Morgan fingerprint density at radius 3 is 2.80 bits per heavy atom. The average molecular weight is 426 g/mol. The number of likely N-dealkylation sites (tertiary alicyclic amines) is 1. The van der Waals surface area contributed by atoms with Crippen LogP contribution in [0.15, 0.2) is 29.6 Å². The molecule has 0 radical (unpaired) electrons. The van der Waals surface area contributed by atoms with Crippen LogP contribution in [0.1, 0.15) is 52.5 Å². The first-order chi connectivity index (χ1) is 14.5. The van der Waals surface area contributed by atoms with E-state index in [1.54, 1.807) is 11.3 Å². The van der Waals surface area contributed by atoms with Crippen molar-refractivity contribution in [2.75, 3.05) is 25.0 Å². The molecule has 2 heterocycles. The maximum atomic E-state index is 13.2. The van der Waals surface area contributed by atoms with Gasteiger partial charge in [-0.05, 0) is 68.6 Å². The van der Waals surface area contributed by atoms with E-state index in [2.05, 4.69) is 22.9 Å². The van der Waals surface area contributed by atoms with Crippen LogP contribution in [0.3, 0.4) is 0 Å². The lowest BCUT2D eigenvalue weighted by atomic mass is 9.88. The molecule has 1 saturated heterocycles. The number of thiophene rings is 1. The van der Waals surface area contributed by atoms with E-state index in [1.807, 2.05) is 36.1 Å². The van der Waals surface area contributed by atoms with Gasteiger partial charge in [0.15, 0.2) is 0 Å². The fraction of sp³-hybridized carbons (Fsp3) is 0.500. The zero-order valence-corrected chi connectivity index (χ0v) is 18.7. The predicted molar refractivity (Wildman–Crippen MR) is 122 cm³/mol. The molecule has 0 saturated carbocycles. The summed E-state index contributed by atoms with van der Waals surface area (Å²) < 4.78 is 0. The Hall–Kier alpha value is -2.34. The largest absolute Gasteiger partial charge is 0.338 e. The zero-order chi connectivity index (χ0) is 21.1. The maximum absolute atomic E-state index is 13.2. The highest BCUT2D eigenvalue weighted by molar-refractivity contribution is 7.10. The molecule has 1 aromatic carbocycles. The molecule has 1 aliphatic heterocycles. The number of carbonyl (C=O) groups is 2. The van der Waals surface area contributed by atoms with Gasteiger partial charge in [-0.15, -0.1) is 11.3 Å². The van der Waals surface area contributed by atoms with Crippen molar-refractivity contribution < 1.29 is 9.59 Å². The van der Waals surface area contributed by atoms with Gasteiger partial charge < -0.3 is 15.5 Å². The van der Waals surface area contributed by atoms with Crippen molar-refractivity contribution in [1.29, 1.82) is 0 Å². The van der Waals surface area contributed by atoms with Gasteiger partial charge in [-0.1, -0.05) is 24.6 Å². The smallest absolute Gasteiger partial charge is 0.319 e. The van der Waals surface area contributed by atoms with E-state index in [-0.39, 0.29) is 11.9 Å². The van der Waals surface area contributed by atoms with Crippen molar-refractivity contribution in [3.63, 3.8) is 0 Å². The molecule has 2 unspecified atom stereocenters. The number of benzene rings is 1. The number of urea groups is 1. The van der Waals surface area contributed by atoms with Gasteiger partial charge in [-0.3, -0.25) is 4.79 Å². The molecule has 2 atom stereocenters. The number of nitrogens with zero attached hydrogens (tertiary/aromatic N) is 1. The summed E-state index contributed by atoms with van der Waals surface area (Å²) >= 11 is 1.75. The Balaban J connectivity index is 1.30. The van der Waals surface area contributed by atoms with Gasteiger partial charge in [0, 0.05) is 35.6 Å². The summed E-state index contributed by atoms with van der Waals surface area (Å²) in [6.07, 6.45) is 5.33. The second kappa shape index (κ2) is 9.21. The topological polar surface area (TPSA) is 61.4 Å². The Bertz CT molecular complexity index is 906. The third-order valence-electron chi connectivity index (χ3n) is 6.30. The lowest BCUT2D eigenvalue weighted by Crippen LogP contribution is -2.44. The summed E-state index contributed by atoms with van der Waals surface area (Å²) in [5.41, 5.74) is 4.16. The summed E-state index contributed by atoms with van der Waals surface area (Å²) in [6, 6.07) is 7.56. The van der Waals surface area contributed by atoms with Crippen LogP contribution in [0.2, 0.25) is 0 Å². The molecule has 3 amide bonds. The first kappa shape index (κ1) is 20.9. The fourth-order valence-electron chi connectivity index (χ4n) is 4.49. The normalized spacial score (nSPS) is 21.1. The summed E-state index contributed by atoms with van der Waals surface area (Å²) in [6.45, 7) is 6.42. The second-order valence-corrected chi connectivity index (χ2v) is 9.82. The standard InChI is InChI=1S/C24H31N3O2S/c1-16-5-8-19(9-6-16)26-24(29)25-13-18-4-3-11-27(14-18)23(28)21-15-30-22-12-17(2)7-10-20(21)22/h5-6,8-9,15,17-18H,3-4,7,10-14H2,1-2H3,(H2,25,26,29). The summed E-state index contributed by atoms with van der Waals surface area (Å²) in [5.74, 6) is 1.19. The first-order valence-electron chi connectivity index (χ1n) is 11.0. The molecule has 1 aliphatic carbocycles. The van der Waals surface area contributed by atoms with Gasteiger partial charge >= 0.3 is 6.03 Å². The van der Waals surface area contributed by atoms with E-state index in [0.29, 0.717) is 19.0 Å². The van der Waals surface area contributed by atoms with Crippen molar-refractivity contribution in [3.05, 3.63) is 51.2 Å². The molecule has 30 heavy (non-hydrogen) atoms. The van der Waals surface area contributed by atoms with Gasteiger partial charge in [0.2, 0.25) is 0 Å². The van der Waals surface area contributed by atoms with Gasteiger partial charge in [0.1, 0.15) is 0 Å². The highest BCUT2D eigenvalue weighted by Gasteiger charge is 2.29. The van der Waals surface area contributed by atoms with Crippen molar-refractivity contribution in [1.82, 2.24) is 10.2 Å². The summed E-state index contributed by atoms with van der Waals surface area (Å²) in [4.78, 5) is 28.8. The predicted octanol–water partition coefficient (Wildman–Crippen LogP) is 4.86. The average Bonchev–Trinajstić information content (AvgIpc) is 3.16. The first-order valence-corrected chi connectivity index (χ1v) is 11.9. The van der Waals surface area contributed by atoms with Crippen molar-refractivity contribution in [2.24, 2.45) is 11.8 Å². The number of nitrogens with one attached hydrogen (secondary N) is 2. The third kappa shape index (κ3) is 4.86. The molecule has 4 rings (SSSR count). The molecular weight excluding hydrogens is 394 g/mol. The lowest BCUT2D eigenvalue weighted by molar-refractivity contribution is 0.0674. The van der Waals surface area contributed by atoms with Crippen molar-refractivity contribution in [2.45, 2.75) is 46.0 Å². The fourth-order valence-corrected chi connectivity index (χ4v) is 5.73. The molecular formula is C24H31N3O2S. The number of rotatable bonds is 4. The minimum atomic E-state index is -0.191. The number of anilines is 1. The van der Waals surface area contributed by atoms with Crippen LogP contribution in [0.5, 0.6) is 0 Å². The molecule has 5 nitrogen and oxygen atoms in total. The Morgan fingerprint density at radius 1 is 1.20 bits per heavy atom. The number of amides is 3. The zero-order valence-electron chi connectivity index (χ0n) is 17.9. The monoisotopic (exact) mass is 425 g/mol. The summed E-state index contributed by atoms with van der Waals surface area (Å²) in [5, 5.41) is 7.92. The third-order valence-corrected chi connectivity index (χ3v) is 7.35. The Kier molecular flexibility index (Phi) is 6.42. The molecule has 2 aliphatic rings. The van der Waals surface area contributed by atoms with Crippen LogP contribution in [0.25, 0.3) is 0 Å². The molecule has 2 aromatic rings. The van der Waals surface area contributed by atoms with Crippen LogP contribution in [-0.2, 0) is 12.8 Å². The van der Waals surface area contributed by atoms with Gasteiger partial charge in [-0.25, -0.2) is 4.79 Å². The molecule has 2 N–H and O–H groups in total. The number of carbonyl (C=O) groups excluding carboxylic acids is 2. The quantitative estimate of drug-likeness (QED) is 0.735. The van der Waals surface area contributed by atoms with E-state index in [1.165, 1.54) is 16.9 Å². The SMILES string of the molecule is Cc1ccc(NC(=O)NCC2CCCN(C(=O)c3csc4c3CCC(C)C4)C2)cc1. The van der Waals surface area contributed by atoms with Crippen LogP contribution >= 0.6 is 11.3 Å². The summed E-state index contributed by atoms with van der Waals surface area (Å²) in [7, 11) is 0. The number of hydrogen-bond acceptors (Lipinski definition) is 3. The maximum Gasteiger partial charge on any atom is 0.319 e. The second-order valence-electron chi connectivity index (χ2n) is 8.86. The van der Waals surface area contributed by atoms with E-state index in [0.717, 1.165) is 55.0 Å². The lowest BCUT2D eigenvalue weighted by Gasteiger charge is -2.33. The molecule has 0 bridgehead atoms. The highest BCUT2D eigenvalue weighted by atomic mass is 32.1. The van der Waals surface area contributed by atoms with Gasteiger partial charge in [-0.2, -0.15) is 0 Å².